The molecule has 3 aromatic rings. The van der Waals surface area contributed by atoms with Gasteiger partial charge in [-0.3, -0.25) is 4.90 Å². The second-order valence-corrected chi connectivity index (χ2v) is 11.5. The number of fused-ring (bicyclic) bond motifs is 1. The highest BCUT2D eigenvalue weighted by Gasteiger charge is 2.27. The third-order valence-electron chi connectivity index (χ3n) is 7.53. The fourth-order valence-corrected chi connectivity index (χ4v) is 5.21. The molecule has 0 radical (unpaired) electrons. The van der Waals surface area contributed by atoms with Gasteiger partial charge in [0.1, 0.15) is 5.52 Å². The number of rotatable bonds is 20. The van der Waals surface area contributed by atoms with E-state index in [1.807, 2.05) is 6.07 Å². The fourth-order valence-electron chi connectivity index (χ4n) is 5.21. The van der Waals surface area contributed by atoms with E-state index < -0.39 is 0 Å². The van der Waals surface area contributed by atoms with Crippen LogP contribution in [0.4, 0.5) is 11.8 Å². The number of nitrogens with one attached hydrogen (secondary N) is 2. The van der Waals surface area contributed by atoms with Gasteiger partial charge in [0, 0.05) is 51.5 Å². The van der Waals surface area contributed by atoms with Gasteiger partial charge in [-0.05, 0) is 36.1 Å². The first kappa shape index (κ1) is 32.2. The Kier molecular flexibility index (Phi) is 12.8. The number of aryl methyl sites for hydroxylation is 1. The maximum Gasteiger partial charge on any atom is 0.222 e. The fraction of sp³-hybridized carbons (Fsp3) is 0.625. The van der Waals surface area contributed by atoms with Gasteiger partial charge in [0.15, 0.2) is 5.82 Å². The highest BCUT2D eigenvalue weighted by atomic mass is 16.5. The number of benzene rings is 1. The van der Waals surface area contributed by atoms with Crippen LogP contribution in [0.3, 0.4) is 0 Å². The SMILES string of the molecule is CCCCCNc1nc(N)nc2ccn(Cc3ccc(CN4CC(OCCOCCOCCNC(C)C)C4)cc3C)c12. The first-order valence-corrected chi connectivity index (χ1v) is 15.6. The molecule has 0 aliphatic carbocycles. The lowest BCUT2D eigenvalue weighted by Crippen LogP contribution is -2.51. The van der Waals surface area contributed by atoms with Gasteiger partial charge < -0.3 is 35.1 Å². The van der Waals surface area contributed by atoms with E-state index in [0.717, 1.165) is 62.5 Å². The van der Waals surface area contributed by atoms with Crippen molar-refractivity contribution in [2.24, 2.45) is 0 Å². The second kappa shape index (κ2) is 16.8. The molecular formula is C32H51N7O3. The average molecular weight is 582 g/mol. The molecule has 2 aromatic heterocycles. The number of unbranched alkanes of at least 4 members (excludes halogenated alkanes) is 2. The zero-order chi connectivity index (χ0) is 29.7. The molecule has 1 aliphatic rings. The van der Waals surface area contributed by atoms with Gasteiger partial charge in [-0.2, -0.15) is 4.98 Å². The summed E-state index contributed by atoms with van der Waals surface area (Å²) in [5.74, 6) is 1.12. The Labute approximate surface area is 251 Å². The molecule has 1 aliphatic heterocycles. The van der Waals surface area contributed by atoms with E-state index in [2.05, 4.69) is 82.2 Å². The molecule has 0 bridgehead atoms. The number of aromatic nitrogens is 3. The molecular weight excluding hydrogens is 530 g/mol. The van der Waals surface area contributed by atoms with Crippen LogP contribution in [-0.4, -0.2) is 90.8 Å². The summed E-state index contributed by atoms with van der Waals surface area (Å²) in [4.78, 5) is 11.4. The number of nitrogens with two attached hydrogens (primary N) is 1. The maximum atomic E-state index is 5.99. The Hall–Kier alpha value is -2.76. The molecule has 3 heterocycles. The number of anilines is 2. The van der Waals surface area contributed by atoms with Gasteiger partial charge in [0.25, 0.3) is 0 Å². The summed E-state index contributed by atoms with van der Waals surface area (Å²) >= 11 is 0. The van der Waals surface area contributed by atoms with Gasteiger partial charge in [0.2, 0.25) is 5.95 Å². The van der Waals surface area contributed by atoms with E-state index in [9.17, 15) is 0 Å². The monoisotopic (exact) mass is 581 g/mol. The number of likely N-dealkylation sites (tertiary alicyclic amines) is 1. The molecule has 0 amide bonds. The predicted octanol–water partition coefficient (Wildman–Crippen LogP) is 4.20. The summed E-state index contributed by atoms with van der Waals surface area (Å²) in [6.07, 6.45) is 5.85. The van der Waals surface area contributed by atoms with Crippen LogP contribution < -0.4 is 16.4 Å². The van der Waals surface area contributed by atoms with Crippen LogP contribution in [-0.2, 0) is 27.3 Å². The van der Waals surface area contributed by atoms with E-state index in [4.69, 9.17) is 19.9 Å². The zero-order valence-electron chi connectivity index (χ0n) is 26.0. The minimum absolute atomic E-state index is 0.287. The molecule has 0 unspecified atom stereocenters. The molecule has 232 valence electrons. The summed E-state index contributed by atoms with van der Waals surface area (Å²) < 4.78 is 19.4. The van der Waals surface area contributed by atoms with Crippen LogP contribution in [0.5, 0.6) is 0 Å². The van der Waals surface area contributed by atoms with E-state index >= 15 is 0 Å². The van der Waals surface area contributed by atoms with Crippen molar-refractivity contribution < 1.29 is 14.2 Å². The van der Waals surface area contributed by atoms with Crippen molar-refractivity contribution in [3.8, 4) is 0 Å². The van der Waals surface area contributed by atoms with Crippen molar-refractivity contribution >= 4 is 22.8 Å². The number of ether oxygens (including phenoxy) is 3. The molecule has 0 spiro atoms. The smallest absolute Gasteiger partial charge is 0.222 e. The lowest BCUT2D eigenvalue weighted by Gasteiger charge is -2.39. The first-order chi connectivity index (χ1) is 20.4. The van der Waals surface area contributed by atoms with E-state index in [1.54, 1.807) is 0 Å². The van der Waals surface area contributed by atoms with Crippen molar-refractivity contribution in [1.82, 2.24) is 24.8 Å². The molecule has 0 atom stereocenters. The number of hydrogen-bond acceptors (Lipinski definition) is 9. The molecule has 4 N–H and O–H groups in total. The average Bonchev–Trinajstić information content (AvgIpc) is 3.33. The van der Waals surface area contributed by atoms with Gasteiger partial charge in [-0.25, -0.2) is 4.98 Å². The summed E-state index contributed by atoms with van der Waals surface area (Å²) in [6.45, 7) is 17.2. The highest BCUT2D eigenvalue weighted by molar-refractivity contribution is 5.87. The summed E-state index contributed by atoms with van der Waals surface area (Å²) in [7, 11) is 0. The van der Waals surface area contributed by atoms with Crippen LogP contribution in [0.25, 0.3) is 11.0 Å². The van der Waals surface area contributed by atoms with Crippen LogP contribution >= 0.6 is 0 Å². The Morgan fingerprint density at radius 1 is 0.976 bits per heavy atom. The predicted molar refractivity (Wildman–Crippen MR) is 170 cm³/mol. The Bertz CT molecular complexity index is 1230. The van der Waals surface area contributed by atoms with Crippen molar-refractivity contribution in [3.05, 3.63) is 47.2 Å². The van der Waals surface area contributed by atoms with Gasteiger partial charge in [-0.15, -0.1) is 0 Å². The van der Waals surface area contributed by atoms with Crippen LogP contribution in [0.2, 0.25) is 0 Å². The molecule has 10 nitrogen and oxygen atoms in total. The Morgan fingerprint density at radius 2 is 1.76 bits per heavy atom. The lowest BCUT2D eigenvalue weighted by atomic mass is 10.0. The summed E-state index contributed by atoms with van der Waals surface area (Å²) in [5, 5.41) is 6.82. The molecule has 1 aromatic carbocycles. The van der Waals surface area contributed by atoms with E-state index in [-0.39, 0.29) is 6.10 Å². The largest absolute Gasteiger partial charge is 0.378 e. The quantitative estimate of drug-likeness (QED) is 0.169. The van der Waals surface area contributed by atoms with Crippen molar-refractivity contribution in [3.63, 3.8) is 0 Å². The third-order valence-corrected chi connectivity index (χ3v) is 7.53. The minimum atomic E-state index is 0.287. The normalized spacial score (nSPS) is 14.2. The van der Waals surface area contributed by atoms with Gasteiger partial charge in [-0.1, -0.05) is 51.8 Å². The number of nitrogens with zero attached hydrogens (tertiary/aromatic N) is 4. The lowest BCUT2D eigenvalue weighted by molar-refractivity contribution is -0.0764. The first-order valence-electron chi connectivity index (χ1n) is 15.6. The van der Waals surface area contributed by atoms with Gasteiger partial charge >= 0.3 is 0 Å². The minimum Gasteiger partial charge on any atom is -0.378 e. The number of nitrogen functional groups attached to an aromatic ring is 1. The molecule has 4 rings (SSSR count). The van der Waals surface area contributed by atoms with E-state index in [0.29, 0.717) is 45.0 Å². The van der Waals surface area contributed by atoms with Crippen molar-refractivity contribution in [2.75, 3.05) is 70.3 Å². The summed E-state index contributed by atoms with van der Waals surface area (Å²) in [5.41, 5.74) is 11.8. The zero-order valence-corrected chi connectivity index (χ0v) is 26.0. The Balaban J connectivity index is 1.17. The molecule has 1 fully saturated rings. The van der Waals surface area contributed by atoms with Gasteiger partial charge in [0.05, 0.1) is 44.7 Å². The standard InChI is InChI=1S/C32H51N7O3/c1-5-6-7-11-35-31-30-29(36-32(33)37-31)10-13-39(30)21-27-9-8-26(19-25(27)4)20-38-22-28(23-38)42-18-17-41-16-15-40-14-12-34-24(2)3/h8-10,13,19,24,28,34H,5-7,11-12,14-18,20-23H2,1-4H3,(H3,33,35,36,37). The van der Waals surface area contributed by atoms with Crippen LogP contribution in [0, 0.1) is 6.92 Å². The highest BCUT2D eigenvalue weighted by Crippen LogP contribution is 2.25. The summed E-state index contributed by atoms with van der Waals surface area (Å²) in [6, 6.07) is 9.31. The van der Waals surface area contributed by atoms with Crippen molar-refractivity contribution in [2.45, 2.75) is 72.2 Å². The van der Waals surface area contributed by atoms with Crippen molar-refractivity contribution in [1.29, 1.82) is 0 Å². The maximum absolute atomic E-state index is 5.99. The molecule has 42 heavy (non-hydrogen) atoms. The Morgan fingerprint density at radius 3 is 2.52 bits per heavy atom. The molecule has 1 saturated heterocycles. The van der Waals surface area contributed by atoms with Crippen LogP contribution in [0.15, 0.2) is 30.5 Å². The second-order valence-electron chi connectivity index (χ2n) is 11.5. The molecule has 10 heteroatoms. The topological polar surface area (TPSA) is 112 Å². The number of hydrogen-bond donors (Lipinski definition) is 3. The van der Waals surface area contributed by atoms with Crippen LogP contribution in [0.1, 0.15) is 56.7 Å². The third kappa shape index (κ3) is 9.91. The van der Waals surface area contributed by atoms with E-state index in [1.165, 1.54) is 29.5 Å². The molecule has 0 saturated carbocycles.